The van der Waals surface area contributed by atoms with Gasteiger partial charge in [0.05, 0.1) is 16.6 Å². The Kier molecular flexibility index (Phi) is 6.11. The molecule has 2 saturated heterocycles. The lowest BCUT2D eigenvalue weighted by atomic mass is 9.91. The number of hydrogen-bond donors (Lipinski definition) is 1. The number of benzene rings is 1. The van der Waals surface area contributed by atoms with Gasteiger partial charge in [-0.3, -0.25) is 9.59 Å². The maximum absolute atomic E-state index is 13.9. The van der Waals surface area contributed by atoms with Gasteiger partial charge in [0, 0.05) is 39.4 Å². The average molecular weight is 384 g/mol. The molecule has 6 nitrogen and oxygen atoms in total. The number of amides is 2. The summed E-state index contributed by atoms with van der Waals surface area (Å²) in [5.41, 5.74) is 6.04. The van der Waals surface area contributed by atoms with Crippen LogP contribution in [0, 0.1) is 11.7 Å². The number of nitrogens with zero attached hydrogens (tertiary/aromatic N) is 2. The van der Waals surface area contributed by atoms with Gasteiger partial charge in [-0.15, -0.1) is 0 Å². The van der Waals surface area contributed by atoms with Crippen molar-refractivity contribution in [2.45, 2.75) is 18.9 Å². The first kappa shape index (κ1) is 19.1. The van der Waals surface area contributed by atoms with E-state index in [9.17, 15) is 14.0 Å². The molecule has 8 heteroatoms. The van der Waals surface area contributed by atoms with Gasteiger partial charge in [0.25, 0.3) is 5.91 Å². The molecule has 2 aliphatic heterocycles. The second-order valence-corrected chi connectivity index (χ2v) is 7.10. The van der Waals surface area contributed by atoms with Gasteiger partial charge in [0.2, 0.25) is 5.91 Å². The summed E-state index contributed by atoms with van der Waals surface area (Å²) in [4.78, 5) is 28.4. The monoisotopic (exact) mass is 383 g/mol. The van der Waals surface area contributed by atoms with E-state index in [1.54, 1.807) is 4.90 Å². The zero-order valence-corrected chi connectivity index (χ0v) is 15.3. The minimum Gasteiger partial charge on any atom is -0.381 e. The van der Waals surface area contributed by atoms with Crippen LogP contribution in [0.5, 0.6) is 0 Å². The summed E-state index contributed by atoms with van der Waals surface area (Å²) in [7, 11) is 0. The Bertz CT molecular complexity index is 653. The fourth-order valence-corrected chi connectivity index (χ4v) is 3.72. The molecule has 26 heavy (non-hydrogen) atoms. The first-order valence-electron chi connectivity index (χ1n) is 8.84. The molecule has 2 amide bonds. The lowest BCUT2D eigenvalue weighted by molar-refractivity contribution is -0.136. The molecule has 0 saturated carbocycles. The molecule has 1 aromatic rings. The summed E-state index contributed by atoms with van der Waals surface area (Å²) in [6.07, 6.45) is 1.58. The van der Waals surface area contributed by atoms with E-state index in [2.05, 4.69) is 0 Å². The summed E-state index contributed by atoms with van der Waals surface area (Å²) in [5, 5.41) is 0.0926. The predicted octanol–water partition coefficient (Wildman–Crippen LogP) is 1.52. The van der Waals surface area contributed by atoms with Crippen LogP contribution in [0.15, 0.2) is 18.2 Å². The highest BCUT2D eigenvalue weighted by Gasteiger charge is 2.33. The number of rotatable bonds is 3. The third-order valence-corrected chi connectivity index (χ3v) is 5.43. The molecule has 2 fully saturated rings. The Morgan fingerprint density at radius 2 is 1.77 bits per heavy atom. The number of carbonyl (C=O) groups is 2. The molecule has 0 radical (unpaired) electrons. The molecule has 142 valence electrons. The van der Waals surface area contributed by atoms with Crippen LogP contribution in [0.3, 0.4) is 0 Å². The van der Waals surface area contributed by atoms with E-state index >= 15 is 0 Å². The second-order valence-electron chi connectivity index (χ2n) is 6.69. The first-order valence-corrected chi connectivity index (χ1v) is 9.22. The van der Waals surface area contributed by atoms with Crippen LogP contribution < -0.4 is 5.73 Å². The van der Waals surface area contributed by atoms with Crippen molar-refractivity contribution in [2.75, 3.05) is 39.4 Å². The van der Waals surface area contributed by atoms with E-state index in [4.69, 9.17) is 22.1 Å². The van der Waals surface area contributed by atoms with E-state index < -0.39 is 17.8 Å². The SMILES string of the molecule is NC(C(=O)N1CCN(C(=O)c2c(F)cccc2Cl)CC1)C1CCOCC1. The highest BCUT2D eigenvalue weighted by molar-refractivity contribution is 6.33. The molecule has 1 aromatic carbocycles. The van der Waals surface area contributed by atoms with Crippen molar-refractivity contribution in [1.29, 1.82) is 0 Å². The molecule has 2 N–H and O–H groups in total. The highest BCUT2D eigenvalue weighted by atomic mass is 35.5. The number of nitrogens with two attached hydrogens (primary N) is 1. The van der Waals surface area contributed by atoms with E-state index in [0.717, 1.165) is 12.8 Å². The molecule has 2 aliphatic rings. The van der Waals surface area contributed by atoms with Crippen LogP contribution in [0.4, 0.5) is 4.39 Å². The zero-order valence-electron chi connectivity index (χ0n) is 14.5. The molecular formula is C18H23ClFN3O3. The van der Waals surface area contributed by atoms with Crippen molar-refractivity contribution in [2.24, 2.45) is 11.7 Å². The van der Waals surface area contributed by atoms with Crippen molar-refractivity contribution in [3.63, 3.8) is 0 Å². The van der Waals surface area contributed by atoms with Gasteiger partial charge in [-0.1, -0.05) is 17.7 Å². The third-order valence-electron chi connectivity index (χ3n) is 5.11. The van der Waals surface area contributed by atoms with Gasteiger partial charge in [-0.2, -0.15) is 0 Å². The van der Waals surface area contributed by atoms with Crippen molar-refractivity contribution >= 4 is 23.4 Å². The summed E-state index contributed by atoms with van der Waals surface area (Å²) in [6.45, 7) is 2.70. The van der Waals surface area contributed by atoms with Crippen molar-refractivity contribution in [1.82, 2.24) is 9.80 Å². The maximum Gasteiger partial charge on any atom is 0.258 e. The molecule has 1 atom stereocenters. The fraction of sp³-hybridized carbons (Fsp3) is 0.556. The molecular weight excluding hydrogens is 361 g/mol. The molecule has 0 aromatic heterocycles. The Balaban J connectivity index is 1.58. The number of carbonyl (C=O) groups excluding carboxylic acids is 2. The largest absolute Gasteiger partial charge is 0.381 e. The molecule has 3 rings (SSSR count). The minimum absolute atomic E-state index is 0.0899. The van der Waals surface area contributed by atoms with Gasteiger partial charge < -0.3 is 20.3 Å². The number of hydrogen-bond acceptors (Lipinski definition) is 4. The summed E-state index contributed by atoms with van der Waals surface area (Å²) in [5.74, 6) is -1.04. The Hall–Kier alpha value is -1.70. The van der Waals surface area contributed by atoms with Gasteiger partial charge >= 0.3 is 0 Å². The Morgan fingerprint density at radius 3 is 2.38 bits per heavy atom. The molecule has 1 unspecified atom stereocenters. The van der Waals surface area contributed by atoms with Crippen molar-refractivity contribution < 1.29 is 18.7 Å². The Labute approximate surface area is 157 Å². The smallest absolute Gasteiger partial charge is 0.258 e. The zero-order chi connectivity index (χ0) is 18.7. The Morgan fingerprint density at radius 1 is 1.15 bits per heavy atom. The molecule has 0 bridgehead atoms. The quantitative estimate of drug-likeness (QED) is 0.858. The van der Waals surface area contributed by atoms with Gasteiger partial charge in [-0.25, -0.2) is 4.39 Å². The second kappa shape index (κ2) is 8.33. The van der Waals surface area contributed by atoms with Crippen LogP contribution >= 0.6 is 11.6 Å². The van der Waals surface area contributed by atoms with E-state index in [0.29, 0.717) is 39.4 Å². The third kappa shape index (κ3) is 4.00. The van der Waals surface area contributed by atoms with E-state index in [-0.39, 0.29) is 22.4 Å². The highest BCUT2D eigenvalue weighted by Crippen LogP contribution is 2.22. The number of piperazine rings is 1. The van der Waals surface area contributed by atoms with Crippen LogP contribution in [0.2, 0.25) is 5.02 Å². The minimum atomic E-state index is -0.637. The van der Waals surface area contributed by atoms with Gasteiger partial charge in [0.15, 0.2) is 0 Å². The average Bonchev–Trinajstić information content (AvgIpc) is 2.67. The standard InChI is InChI=1S/C18H23ClFN3O3/c19-13-2-1-3-14(20)15(13)17(24)22-6-8-23(9-7-22)18(25)16(21)12-4-10-26-11-5-12/h1-3,12,16H,4-11,21H2. The molecule has 0 spiro atoms. The van der Waals surface area contributed by atoms with Crippen molar-refractivity contribution in [3.05, 3.63) is 34.6 Å². The normalized spacial score (nSPS) is 20.1. The lowest BCUT2D eigenvalue weighted by Gasteiger charge is -2.37. The lowest BCUT2D eigenvalue weighted by Crippen LogP contribution is -2.56. The fourth-order valence-electron chi connectivity index (χ4n) is 3.48. The van der Waals surface area contributed by atoms with Crippen molar-refractivity contribution in [3.8, 4) is 0 Å². The summed E-state index contributed by atoms with van der Waals surface area (Å²) >= 11 is 5.97. The van der Waals surface area contributed by atoms with Gasteiger partial charge in [-0.05, 0) is 30.9 Å². The van der Waals surface area contributed by atoms with E-state index in [1.165, 1.54) is 23.1 Å². The van der Waals surface area contributed by atoms with Crippen LogP contribution in [-0.4, -0.2) is 67.0 Å². The van der Waals surface area contributed by atoms with Crippen LogP contribution in [-0.2, 0) is 9.53 Å². The van der Waals surface area contributed by atoms with E-state index in [1.807, 2.05) is 0 Å². The molecule has 2 heterocycles. The summed E-state index contributed by atoms with van der Waals surface area (Å²) in [6, 6.07) is 3.63. The van der Waals surface area contributed by atoms with Gasteiger partial charge in [0.1, 0.15) is 5.82 Å². The topological polar surface area (TPSA) is 75.9 Å². The van der Waals surface area contributed by atoms with Crippen LogP contribution in [0.25, 0.3) is 0 Å². The first-order chi connectivity index (χ1) is 12.5. The number of ether oxygens (including phenoxy) is 1. The van der Waals surface area contributed by atoms with Crippen LogP contribution in [0.1, 0.15) is 23.2 Å². The summed E-state index contributed by atoms with van der Waals surface area (Å²) < 4.78 is 19.3. The predicted molar refractivity (Wildman–Crippen MR) is 95.4 cm³/mol. The maximum atomic E-state index is 13.9. The molecule has 0 aliphatic carbocycles. The number of halogens is 2.